The van der Waals surface area contributed by atoms with E-state index in [1.165, 1.54) is 11.0 Å². The molecule has 1 N–H and O–H groups in total. The van der Waals surface area contributed by atoms with Gasteiger partial charge in [0.05, 0.1) is 24.4 Å². The first kappa shape index (κ1) is 23.5. The molecule has 0 fully saturated rings. The maximum absolute atomic E-state index is 13.5. The number of nitrogens with zero attached hydrogens (tertiary/aromatic N) is 1. The van der Waals surface area contributed by atoms with Gasteiger partial charge in [-0.3, -0.25) is 4.79 Å². The lowest BCUT2D eigenvalue weighted by atomic mass is 9.94. The molecular weight excluding hydrogens is 450 g/mol. The minimum atomic E-state index is -2.02. The lowest BCUT2D eigenvalue weighted by Gasteiger charge is -2.20. The first-order valence-electron chi connectivity index (χ1n) is 11.0. The number of esters is 1. The molecule has 1 heterocycles. The van der Waals surface area contributed by atoms with Crippen LogP contribution in [0.1, 0.15) is 23.6 Å². The zero-order valence-electron chi connectivity index (χ0n) is 18.7. The summed E-state index contributed by atoms with van der Waals surface area (Å²) in [5, 5.41) is 12.0. The summed E-state index contributed by atoms with van der Waals surface area (Å²) >= 11 is 6.21. The van der Waals surface area contributed by atoms with Gasteiger partial charge in [0.25, 0.3) is 5.91 Å². The summed E-state index contributed by atoms with van der Waals surface area (Å²) < 4.78 is 5.18. The predicted molar refractivity (Wildman–Crippen MR) is 131 cm³/mol. The number of hydrogen-bond acceptors (Lipinski definition) is 4. The average molecular weight is 474 g/mol. The molecule has 1 aliphatic heterocycles. The van der Waals surface area contributed by atoms with E-state index in [1.807, 2.05) is 60.7 Å². The van der Waals surface area contributed by atoms with Crippen LogP contribution in [0.2, 0.25) is 5.02 Å². The molecule has 0 spiro atoms. The summed E-state index contributed by atoms with van der Waals surface area (Å²) in [6.45, 7) is 2.20. The third-order valence-electron chi connectivity index (χ3n) is 5.62. The molecule has 34 heavy (non-hydrogen) atoms. The van der Waals surface area contributed by atoms with E-state index in [-0.39, 0.29) is 25.1 Å². The molecule has 4 rings (SSSR count). The number of amides is 1. The van der Waals surface area contributed by atoms with Crippen LogP contribution in [0.25, 0.3) is 0 Å². The highest BCUT2D eigenvalue weighted by Gasteiger charge is 2.48. The van der Waals surface area contributed by atoms with Crippen LogP contribution in [0.3, 0.4) is 0 Å². The summed E-state index contributed by atoms with van der Waals surface area (Å²) in [5.74, 6) is -1.09. The van der Waals surface area contributed by atoms with Gasteiger partial charge in [-0.05, 0) is 36.2 Å². The monoisotopic (exact) mass is 473 g/mol. The Morgan fingerprint density at radius 1 is 1.06 bits per heavy atom. The van der Waals surface area contributed by atoms with Crippen LogP contribution in [-0.2, 0) is 32.9 Å². The molecule has 0 radical (unpaired) electrons. The highest BCUT2D eigenvalue weighted by molar-refractivity contribution is 6.31. The smallest absolute Gasteiger partial charge is 0.342 e. The summed E-state index contributed by atoms with van der Waals surface area (Å²) in [4.78, 5) is 27.6. The van der Waals surface area contributed by atoms with Gasteiger partial charge in [-0.15, -0.1) is 5.73 Å². The van der Waals surface area contributed by atoms with Crippen molar-refractivity contribution >= 4 is 29.2 Å². The van der Waals surface area contributed by atoms with Crippen LogP contribution in [-0.4, -0.2) is 23.6 Å². The predicted octanol–water partition coefficient (Wildman–Crippen LogP) is 4.96. The fraction of sp³-hybridized carbons (Fsp3) is 0.179. The van der Waals surface area contributed by atoms with E-state index < -0.39 is 17.5 Å². The summed E-state index contributed by atoms with van der Waals surface area (Å²) in [5.41, 5.74) is 3.76. The number of rotatable bonds is 7. The highest BCUT2D eigenvalue weighted by Crippen LogP contribution is 2.43. The Hall–Kier alpha value is -3.63. The SMILES string of the molecule is CCOC(=O)C(=C=CC1(O)C(=O)N(Cc2ccccc2)c2ccc(Cl)cc21)Cc1ccccc1. The van der Waals surface area contributed by atoms with Gasteiger partial charge in [-0.25, -0.2) is 4.79 Å². The summed E-state index contributed by atoms with van der Waals surface area (Å²) in [7, 11) is 0. The van der Waals surface area contributed by atoms with Crippen molar-refractivity contribution in [2.24, 2.45) is 0 Å². The molecule has 6 heteroatoms. The second-order valence-electron chi connectivity index (χ2n) is 7.95. The molecule has 0 aliphatic carbocycles. The topological polar surface area (TPSA) is 66.8 Å². The number of ether oxygens (including phenoxy) is 1. The Bertz CT molecular complexity index is 1270. The minimum Gasteiger partial charge on any atom is -0.462 e. The van der Waals surface area contributed by atoms with Crippen molar-refractivity contribution < 1.29 is 19.4 Å². The van der Waals surface area contributed by atoms with E-state index in [1.54, 1.807) is 25.1 Å². The number of halogens is 1. The lowest BCUT2D eigenvalue weighted by Crippen LogP contribution is -2.38. The summed E-state index contributed by atoms with van der Waals surface area (Å²) in [6.07, 6.45) is 1.49. The normalized spacial score (nSPS) is 16.6. The van der Waals surface area contributed by atoms with Gasteiger partial charge in [-0.1, -0.05) is 72.3 Å². The number of benzene rings is 3. The van der Waals surface area contributed by atoms with Gasteiger partial charge in [0.1, 0.15) is 0 Å². The van der Waals surface area contributed by atoms with Crippen molar-refractivity contribution in [1.82, 2.24) is 0 Å². The number of fused-ring (bicyclic) bond motifs is 1. The molecule has 1 atom stereocenters. The van der Waals surface area contributed by atoms with Crippen molar-refractivity contribution in [2.45, 2.75) is 25.5 Å². The second-order valence-corrected chi connectivity index (χ2v) is 8.39. The molecule has 5 nitrogen and oxygen atoms in total. The van der Waals surface area contributed by atoms with E-state index in [9.17, 15) is 14.7 Å². The molecule has 0 aromatic heterocycles. The minimum absolute atomic E-state index is 0.200. The fourth-order valence-corrected chi connectivity index (χ4v) is 4.11. The van der Waals surface area contributed by atoms with Crippen LogP contribution in [0, 0.1) is 0 Å². The van der Waals surface area contributed by atoms with Crippen LogP contribution in [0.15, 0.2) is 96.2 Å². The Morgan fingerprint density at radius 3 is 2.35 bits per heavy atom. The van der Waals surface area contributed by atoms with Gasteiger partial charge in [0.2, 0.25) is 0 Å². The van der Waals surface area contributed by atoms with Gasteiger partial charge in [-0.2, -0.15) is 0 Å². The quantitative estimate of drug-likeness (QED) is 0.299. The van der Waals surface area contributed by atoms with Gasteiger partial charge in [0.15, 0.2) is 5.60 Å². The second kappa shape index (κ2) is 10.1. The van der Waals surface area contributed by atoms with Crippen molar-refractivity contribution in [2.75, 3.05) is 11.5 Å². The number of carbonyl (C=O) groups excluding carboxylic acids is 2. The Kier molecular flexibility index (Phi) is 6.99. The van der Waals surface area contributed by atoms with E-state index in [4.69, 9.17) is 16.3 Å². The van der Waals surface area contributed by atoms with Crippen LogP contribution >= 0.6 is 11.6 Å². The average Bonchev–Trinajstić information content (AvgIpc) is 3.05. The molecular formula is C28H24ClNO4. The maximum Gasteiger partial charge on any atom is 0.342 e. The van der Waals surface area contributed by atoms with Crippen molar-refractivity contribution in [3.63, 3.8) is 0 Å². The van der Waals surface area contributed by atoms with Crippen molar-refractivity contribution in [3.05, 3.63) is 118 Å². The number of carbonyl (C=O) groups is 2. The number of hydrogen-bond donors (Lipinski definition) is 1. The number of aliphatic hydroxyl groups is 1. The lowest BCUT2D eigenvalue weighted by molar-refractivity contribution is -0.138. The molecule has 3 aromatic carbocycles. The molecule has 1 unspecified atom stereocenters. The van der Waals surface area contributed by atoms with E-state index in [0.29, 0.717) is 16.3 Å². The van der Waals surface area contributed by atoms with Crippen LogP contribution in [0.5, 0.6) is 0 Å². The maximum atomic E-state index is 13.5. The fourth-order valence-electron chi connectivity index (χ4n) is 3.93. The summed E-state index contributed by atoms with van der Waals surface area (Å²) in [6, 6.07) is 23.9. The Balaban J connectivity index is 1.77. The van der Waals surface area contributed by atoms with Gasteiger partial charge in [0, 0.05) is 23.1 Å². The molecule has 1 aliphatic rings. The van der Waals surface area contributed by atoms with E-state index in [0.717, 1.165) is 11.1 Å². The molecule has 0 saturated carbocycles. The van der Waals surface area contributed by atoms with Crippen molar-refractivity contribution in [3.8, 4) is 0 Å². The molecule has 0 saturated heterocycles. The van der Waals surface area contributed by atoms with Crippen molar-refractivity contribution in [1.29, 1.82) is 0 Å². The zero-order valence-corrected chi connectivity index (χ0v) is 19.5. The largest absolute Gasteiger partial charge is 0.462 e. The zero-order chi connectivity index (χ0) is 24.1. The first-order chi connectivity index (χ1) is 16.4. The first-order valence-corrected chi connectivity index (χ1v) is 11.4. The van der Waals surface area contributed by atoms with Crippen LogP contribution in [0.4, 0.5) is 5.69 Å². The standard InChI is InChI=1S/C28H24ClNO4/c1-2-34-26(31)22(17-20-9-5-3-6-10-20)15-16-28(33)24-18-23(29)13-14-25(24)30(27(28)32)19-21-11-7-4-8-12-21/h3-14,16,18,33H,2,17,19H2,1H3. The van der Waals surface area contributed by atoms with E-state index in [2.05, 4.69) is 5.73 Å². The van der Waals surface area contributed by atoms with Gasteiger partial charge < -0.3 is 14.7 Å². The third-order valence-corrected chi connectivity index (χ3v) is 5.85. The number of anilines is 1. The molecule has 172 valence electrons. The van der Waals surface area contributed by atoms with Crippen LogP contribution < -0.4 is 4.90 Å². The molecule has 0 bridgehead atoms. The Morgan fingerprint density at radius 2 is 1.71 bits per heavy atom. The molecule has 1 amide bonds. The highest BCUT2D eigenvalue weighted by atomic mass is 35.5. The molecule has 3 aromatic rings. The van der Waals surface area contributed by atoms with E-state index >= 15 is 0 Å². The van der Waals surface area contributed by atoms with Gasteiger partial charge >= 0.3 is 5.97 Å². The third kappa shape index (κ3) is 4.82. The Labute approximate surface area is 203 Å².